The standard InChI is InChI=1S/C7H13NO/c1-2-7(9)5-3-4-6(7)8/h2,6,9H,1,3-5,8H2. The van der Waals surface area contributed by atoms with E-state index < -0.39 is 5.60 Å². The van der Waals surface area contributed by atoms with Gasteiger partial charge in [0.1, 0.15) is 0 Å². The maximum atomic E-state index is 9.53. The molecule has 3 N–H and O–H groups in total. The molecule has 2 atom stereocenters. The average Bonchev–Trinajstić information content (AvgIpc) is 2.15. The monoisotopic (exact) mass is 127 g/mol. The summed E-state index contributed by atoms with van der Waals surface area (Å²) in [5, 5.41) is 9.53. The van der Waals surface area contributed by atoms with E-state index in [0.717, 1.165) is 19.3 Å². The van der Waals surface area contributed by atoms with Crippen LogP contribution in [0, 0.1) is 0 Å². The van der Waals surface area contributed by atoms with Crippen molar-refractivity contribution in [1.82, 2.24) is 0 Å². The van der Waals surface area contributed by atoms with Crippen molar-refractivity contribution in [3.05, 3.63) is 12.7 Å². The Morgan fingerprint density at radius 1 is 1.78 bits per heavy atom. The van der Waals surface area contributed by atoms with Gasteiger partial charge in [0, 0.05) is 6.04 Å². The van der Waals surface area contributed by atoms with Crippen LogP contribution < -0.4 is 5.73 Å². The van der Waals surface area contributed by atoms with Gasteiger partial charge in [0.25, 0.3) is 0 Å². The minimum Gasteiger partial charge on any atom is -0.384 e. The first-order valence-electron chi connectivity index (χ1n) is 3.30. The van der Waals surface area contributed by atoms with E-state index in [4.69, 9.17) is 5.73 Å². The van der Waals surface area contributed by atoms with E-state index in [1.165, 1.54) is 0 Å². The summed E-state index contributed by atoms with van der Waals surface area (Å²) in [4.78, 5) is 0. The zero-order chi connectivity index (χ0) is 6.91. The van der Waals surface area contributed by atoms with Gasteiger partial charge < -0.3 is 10.8 Å². The lowest BCUT2D eigenvalue weighted by atomic mass is 9.99. The highest BCUT2D eigenvalue weighted by molar-refractivity contribution is 5.06. The lowest BCUT2D eigenvalue weighted by Crippen LogP contribution is -2.41. The zero-order valence-electron chi connectivity index (χ0n) is 5.51. The summed E-state index contributed by atoms with van der Waals surface area (Å²) in [6.07, 6.45) is 4.27. The fourth-order valence-corrected chi connectivity index (χ4v) is 1.29. The second-order valence-electron chi connectivity index (χ2n) is 2.69. The third kappa shape index (κ3) is 1.00. The Bertz CT molecular complexity index is 124. The molecule has 0 aliphatic heterocycles. The van der Waals surface area contributed by atoms with E-state index in [2.05, 4.69) is 6.58 Å². The molecule has 2 heteroatoms. The molecule has 1 rings (SSSR count). The molecule has 0 bridgehead atoms. The zero-order valence-corrected chi connectivity index (χ0v) is 5.51. The van der Waals surface area contributed by atoms with Crippen LogP contribution in [-0.4, -0.2) is 16.7 Å². The van der Waals surface area contributed by atoms with E-state index in [0.29, 0.717) is 0 Å². The maximum Gasteiger partial charge on any atom is 0.0975 e. The Kier molecular flexibility index (Phi) is 1.60. The van der Waals surface area contributed by atoms with Gasteiger partial charge in [-0.25, -0.2) is 0 Å². The van der Waals surface area contributed by atoms with Crippen LogP contribution in [-0.2, 0) is 0 Å². The van der Waals surface area contributed by atoms with Crippen LogP contribution in [0.4, 0.5) is 0 Å². The molecule has 0 saturated heterocycles. The molecular weight excluding hydrogens is 114 g/mol. The molecule has 0 aromatic heterocycles. The van der Waals surface area contributed by atoms with Crippen LogP contribution >= 0.6 is 0 Å². The van der Waals surface area contributed by atoms with E-state index in [1.807, 2.05) is 0 Å². The summed E-state index contributed by atoms with van der Waals surface area (Å²) in [7, 11) is 0. The predicted molar refractivity (Wildman–Crippen MR) is 37.0 cm³/mol. The third-order valence-corrected chi connectivity index (χ3v) is 2.09. The van der Waals surface area contributed by atoms with Crippen LogP contribution in [0.25, 0.3) is 0 Å². The van der Waals surface area contributed by atoms with Gasteiger partial charge in [0.15, 0.2) is 0 Å². The second-order valence-corrected chi connectivity index (χ2v) is 2.69. The topological polar surface area (TPSA) is 46.2 Å². The molecule has 2 unspecified atom stereocenters. The van der Waals surface area contributed by atoms with Crippen LogP contribution in [0.15, 0.2) is 12.7 Å². The smallest absolute Gasteiger partial charge is 0.0975 e. The third-order valence-electron chi connectivity index (χ3n) is 2.09. The van der Waals surface area contributed by atoms with Crippen molar-refractivity contribution in [3.63, 3.8) is 0 Å². The highest BCUT2D eigenvalue weighted by Crippen LogP contribution is 2.28. The van der Waals surface area contributed by atoms with Gasteiger partial charge >= 0.3 is 0 Å². The number of nitrogens with two attached hydrogens (primary N) is 1. The molecule has 0 heterocycles. The average molecular weight is 127 g/mol. The van der Waals surface area contributed by atoms with Crippen molar-refractivity contribution >= 4 is 0 Å². The van der Waals surface area contributed by atoms with Crippen LogP contribution in [0.3, 0.4) is 0 Å². The number of hydrogen-bond donors (Lipinski definition) is 2. The largest absolute Gasteiger partial charge is 0.384 e. The molecule has 1 aliphatic rings. The van der Waals surface area contributed by atoms with Crippen molar-refractivity contribution in [1.29, 1.82) is 0 Å². The summed E-state index contributed by atoms with van der Waals surface area (Å²) in [6.45, 7) is 3.53. The molecule has 0 aromatic carbocycles. The Morgan fingerprint density at radius 3 is 2.67 bits per heavy atom. The second kappa shape index (κ2) is 2.12. The van der Waals surface area contributed by atoms with Gasteiger partial charge in [0.2, 0.25) is 0 Å². The van der Waals surface area contributed by atoms with Crippen molar-refractivity contribution in [3.8, 4) is 0 Å². The Morgan fingerprint density at radius 2 is 2.44 bits per heavy atom. The maximum absolute atomic E-state index is 9.53. The van der Waals surface area contributed by atoms with E-state index >= 15 is 0 Å². The number of hydrogen-bond acceptors (Lipinski definition) is 2. The van der Waals surface area contributed by atoms with Gasteiger partial charge in [-0.15, -0.1) is 6.58 Å². The molecule has 1 fully saturated rings. The first-order chi connectivity index (χ1) is 4.19. The molecule has 0 spiro atoms. The van der Waals surface area contributed by atoms with Gasteiger partial charge in [-0.1, -0.05) is 6.08 Å². The Labute approximate surface area is 55.4 Å². The first-order valence-corrected chi connectivity index (χ1v) is 3.30. The quantitative estimate of drug-likeness (QED) is 0.501. The Hall–Kier alpha value is -0.340. The number of aliphatic hydroxyl groups is 1. The van der Waals surface area contributed by atoms with E-state index in [9.17, 15) is 5.11 Å². The van der Waals surface area contributed by atoms with Crippen LogP contribution in [0.2, 0.25) is 0 Å². The van der Waals surface area contributed by atoms with Gasteiger partial charge in [-0.05, 0) is 19.3 Å². The summed E-state index contributed by atoms with van der Waals surface area (Å²) in [6, 6.07) is -0.0880. The predicted octanol–water partition coefficient (Wildman–Crippen LogP) is 0.415. The van der Waals surface area contributed by atoms with Crippen molar-refractivity contribution in [2.75, 3.05) is 0 Å². The Balaban J connectivity index is 2.66. The summed E-state index contributed by atoms with van der Waals surface area (Å²) in [5.41, 5.74) is 4.84. The number of rotatable bonds is 1. The molecule has 0 radical (unpaired) electrons. The fourth-order valence-electron chi connectivity index (χ4n) is 1.29. The van der Waals surface area contributed by atoms with Gasteiger partial charge in [-0.3, -0.25) is 0 Å². The highest BCUT2D eigenvalue weighted by atomic mass is 16.3. The summed E-state index contributed by atoms with van der Waals surface area (Å²) < 4.78 is 0. The van der Waals surface area contributed by atoms with Gasteiger partial charge in [-0.2, -0.15) is 0 Å². The van der Waals surface area contributed by atoms with Crippen molar-refractivity contribution < 1.29 is 5.11 Å². The normalized spacial score (nSPS) is 43.1. The summed E-state index contributed by atoms with van der Waals surface area (Å²) >= 11 is 0. The molecule has 52 valence electrons. The molecule has 9 heavy (non-hydrogen) atoms. The lowest BCUT2D eigenvalue weighted by Gasteiger charge is -2.22. The molecular formula is C7H13NO. The van der Waals surface area contributed by atoms with Crippen molar-refractivity contribution in [2.45, 2.75) is 30.9 Å². The first kappa shape index (κ1) is 6.78. The van der Waals surface area contributed by atoms with Crippen LogP contribution in [0.5, 0.6) is 0 Å². The molecule has 0 amide bonds. The van der Waals surface area contributed by atoms with Gasteiger partial charge in [0.05, 0.1) is 5.60 Å². The van der Waals surface area contributed by atoms with Crippen LogP contribution in [0.1, 0.15) is 19.3 Å². The SMILES string of the molecule is C=CC1(O)CCCC1N. The minimum absolute atomic E-state index is 0.0880. The van der Waals surface area contributed by atoms with E-state index in [-0.39, 0.29) is 6.04 Å². The molecule has 2 nitrogen and oxygen atoms in total. The van der Waals surface area contributed by atoms with E-state index in [1.54, 1.807) is 6.08 Å². The fraction of sp³-hybridized carbons (Fsp3) is 0.714. The van der Waals surface area contributed by atoms with Crippen molar-refractivity contribution in [2.24, 2.45) is 5.73 Å². The molecule has 0 aromatic rings. The summed E-state index contributed by atoms with van der Waals surface area (Å²) in [5.74, 6) is 0. The molecule has 1 aliphatic carbocycles. The lowest BCUT2D eigenvalue weighted by molar-refractivity contribution is 0.0827. The highest BCUT2D eigenvalue weighted by Gasteiger charge is 2.35. The molecule has 1 saturated carbocycles. The minimum atomic E-state index is -0.764.